The van der Waals surface area contributed by atoms with Gasteiger partial charge in [-0.3, -0.25) is 4.79 Å². The first-order chi connectivity index (χ1) is 13.9. The number of sulfonamides is 1. The molecule has 0 aliphatic carbocycles. The van der Waals surface area contributed by atoms with Gasteiger partial charge in [0.1, 0.15) is 5.75 Å². The topological polar surface area (TPSA) is 75.7 Å². The number of fused-ring (bicyclic) bond motifs is 1. The van der Waals surface area contributed by atoms with Crippen LogP contribution < -0.4 is 10.1 Å². The fourth-order valence-electron chi connectivity index (χ4n) is 3.77. The molecule has 1 N–H and O–H groups in total. The molecule has 1 saturated heterocycles. The minimum atomic E-state index is -3.61. The summed E-state index contributed by atoms with van der Waals surface area (Å²) in [7, 11) is -3.61. The average molecular weight is 435 g/mol. The summed E-state index contributed by atoms with van der Waals surface area (Å²) in [5.41, 5.74) is 1.29. The first-order valence-corrected chi connectivity index (χ1v) is 11.6. The lowest BCUT2D eigenvalue weighted by Crippen LogP contribution is -2.35. The van der Waals surface area contributed by atoms with Gasteiger partial charge in [0.15, 0.2) is 0 Å². The molecule has 0 bridgehead atoms. The molecule has 2 aliphatic heterocycles. The van der Waals surface area contributed by atoms with Crippen molar-refractivity contribution in [2.24, 2.45) is 5.92 Å². The third kappa shape index (κ3) is 4.27. The van der Waals surface area contributed by atoms with E-state index in [-0.39, 0.29) is 27.3 Å². The maximum absolute atomic E-state index is 12.8. The van der Waals surface area contributed by atoms with Crippen molar-refractivity contribution < 1.29 is 17.9 Å². The summed E-state index contributed by atoms with van der Waals surface area (Å²) >= 11 is 6.20. The largest absolute Gasteiger partial charge is 0.493 e. The number of amides is 1. The van der Waals surface area contributed by atoms with Crippen LogP contribution in [0.15, 0.2) is 47.4 Å². The minimum Gasteiger partial charge on any atom is -0.493 e. The molecule has 4 rings (SSSR count). The lowest BCUT2D eigenvalue weighted by atomic mass is 9.96. The van der Waals surface area contributed by atoms with Crippen LogP contribution in [0.5, 0.6) is 5.75 Å². The van der Waals surface area contributed by atoms with E-state index in [1.807, 2.05) is 24.3 Å². The third-order valence-corrected chi connectivity index (χ3v) is 7.62. The van der Waals surface area contributed by atoms with Crippen LogP contribution in [0.25, 0.3) is 0 Å². The van der Waals surface area contributed by atoms with Gasteiger partial charge in [0.05, 0.1) is 22.1 Å². The first kappa shape index (κ1) is 20.2. The Kier molecular flexibility index (Phi) is 5.81. The third-order valence-electron chi connectivity index (χ3n) is 5.39. The number of hydrogen-bond donors (Lipinski definition) is 1. The van der Waals surface area contributed by atoms with E-state index in [4.69, 9.17) is 16.3 Å². The van der Waals surface area contributed by atoms with Gasteiger partial charge in [-0.2, -0.15) is 4.31 Å². The molecule has 6 nitrogen and oxygen atoms in total. The van der Waals surface area contributed by atoms with Crippen LogP contribution in [0.1, 0.15) is 28.8 Å². The molecular formula is C21H23ClN2O4S. The Morgan fingerprint density at radius 2 is 1.93 bits per heavy atom. The second-order valence-electron chi connectivity index (χ2n) is 7.45. The molecule has 154 valence electrons. The van der Waals surface area contributed by atoms with Crippen molar-refractivity contribution in [3.63, 3.8) is 0 Å². The van der Waals surface area contributed by atoms with Crippen LogP contribution in [-0.2, 0) is 16.4 Å². The van der Waals surface area contributed by atoms with E-state index in [1.54, 1.807) is 0 Å². The van der Waals surface area contributed by atoms with Gasteiger partial charge in [0.2, 0.25) is 10.0 Å². The standard InChI is InChI=1S/C21H23ClN2O4S/c22-19-8-7-17(29(26,27)24-9-3-4-10-24)12-18(19)21(25)23-13-15-11-16-5-1-2-6-20(16)28-14-15/h1-2,5-8,12,15H,3-4,9-11,13-14H2,(H,23,25). The number of benzene rings is 2. The second-order valence-corrected chi connectivity index (χ2v) is 9.80. The number of hydrogen-bond acceptors (Lipinski definition) is 4. The van der Waals surface area contributed by atoms with Crippen molar-refractivity contribution in [1.82, 2.24) is 9.62 Å². The Morgan fingerprint density at radius 1 is 1.17 bits per heavy atom. The smallest absolute Gasteiger partial charge is 0.252 e. The molecule has 0 saturated carbocycles. The van der Waals surface area contributed by atoms with E-state index >= 15 is 0 Å². The fourth-order valence-corrected chi connectivity index (χ4v) is 5.52. The lowest BCUT2D eigenvalue weighted by Gasteiger charge is -2.25. The summed E-state index contributed by atoms with van der Waals surface area (Å²) in [6.07, 6.45) is 2.52. The van der Waals surface area contributed by atoms with Crippen LogP contribution in [0.2, 0.25) is 5.02 Å². The quantitative estimate of drug-likeness (QED) is 0.784. The summed E-state index contributed by atoms with van der Waals surface area (Å²) in [6, 6.07) is 12.2. The van der Waals surface area contributed by atoms with Crippen molar-refractivity contribution in [1.29, 1.82) is 0 Å². The van der Waals surface area contributed by atoms with E-state index in [2.05, 4.69) is 5.32 Å². The Balaban J connectivity index is 1.45. The fraction of sp³-hybridized carbons (Fsp3) is 0.381. The lowest BCUT2D eigenvalue weighted by molar-refractivity contribution is 0.0939. The molecule has 2 aliphatic rings. The summed E-state index contributed by atoms with van der Waals surface area (Å²) < 4.78 is 32.8. The summed E-state index contributed by atoms with van der Waals surface area (Å²) in [4.78, 5) is 12.8. The highest BCUT2D eigenvalue weighted by Gasteiger charge is 2.28. The van der Waals surface area contributed by atoms with Crippen LogP contribution >= 0.6 is 11.6 Å². The maximum Gasteiger partial charge on any atom is 0.252 e. The van der Waals surface area contributed by atoms with Crippen LogP contribution in [-0.4, -0.2) is 44.9 Å². The molecule has 2 aromatic rings. The molecule has 0 radical (unpaired) electrons. The maximum atomic E-state index is 12.8. The van der Waals surface area contributed by atoms with Gasteiger partial charge in [-0.05, 0) is 49.1 Å². The molecule has 0 spiro atoms. The predicted molar refractivity (Wildman–Crippen MR) is 111 cm³/mol. The highest BCUT2D eigenvalue weighted by Crippen LogP contribution is 2.27. The highest BCUT2D eigenvalue weighted by atomic mass is 35.5. The van der Waals surface area contributed by atoms with E-state index in [0.717, 1.165) is 30.6 Å². The number of para-hydroxylation sites is 1. The normalized spacial score (nSPS) is 19.4. The predicted octanol–water partition coefficient (Wildman–Crippen LogP) is 3.11. The summed E-state index contributed by atoms with van der Waals surface area (Å²) in [6.45, 7) is 1.96. The minimum absolute atomic E-state index is 0.101. The average Bonchev–Trinajstić information content (AvgIpc) is 3.28. The van der Waals surface area contributed by atoms with Gasteiger partial charge in [-0.25, -0.2) is 8.42 Å². The molecule has 1 atom stereocenters. The molecule has 2 aromatic carbocycles. The number of rotatable bonds is 5. The van der Waals surface area contributed by atoms with Crippen molar-refractivity contribution >= 4 is 27.5 Å². The molecule has 1 unspecified atom stereocenters. The van der Waals surface area contributed by atoms with Gasteiger partial charge in [-0.1, -0.05) is 29.8 Å². The van der Waals surface area contributed by atoms with Crippen molar-refractivity contribution in [3.05, 3.63) is 58.6 Å². The first-order valence-electron chi connectivity index (χ1n) is 9.74. The Labute approximate surface area is 175 Å². The monoisotopic (exact) mass is 434 g/mol. The van der Waals surface area contributed by atoms with E-state index in [1.165, 1.54) is 22.5 Å². The zero-order valence-corrected chi connectivity index (χ0v) is 17.5. The number of halogens is 1. The molecule has 29 heavy (non-hydrogen) atoms. The number of nitrogens with zero attached hydrogens (tertiary/aromatic N) is 1. The Morgan fingerprint density at radius 3 is 2.72 bits per heavy atom. The van der Waals surface area contributed by atoms with E-state index < -0.39 is 10.0 Å². The zero-order chi connectivity index (χ0) is 20.4. The molecular weight excluding hydrogens is 412 g/mol. The highest BCUT2D eigenvalue weighted by molar-refractivity contribution is 7.89. The molecule has 1 fully saturated rings. The number of ether oxygens (including phenoxy) is 1. The molecule has 1 amide bonds. The van der Waals surface area contributed by atoms with Gasteiger partial charge in [0, 0.05) is 25.6 Å². The SMILES string of the molecule is O=C(NCC1COc2ccccc2C1)c1cc(S(=O)(=O)N2CCCC2)ccc1Cl. The zero-order valence-electron chi connectivity index (χ0n) is 15.9. The van der Waals surface area contributed by atoms with Crippen LogP contribution in [0.4, 0.5) is 0 Å². The molecule has 2 heterocycles. The van der Waals surface area contributed by atoms with Gasteiger partial charge in [0.25, 0.3) is 5.91 Å². The van der Waals surface area contributed by atoms with Crippen LogP contribution in [0, 0.1) is 5.92 Å². The van der Waals surface area contributed by atoms with E-state index in [9.17, 15) is 13.2 Å². The summed E-state index contributed by atoms with van der Waals surface area (Å²) in [5.74, 6) is 0.648. The number of nitrogens with one attached hydrogen (secondary N) is 1. The van der Waals surface area contributed by atoms with Gasteiger partial charge >= 0.3 is 0 Å². The van der Waals surface area contributed by atoms with E-state index in [0.29, 0.717) is 26.2 Å². The molecule has 0 aromatic heterocycles. The number of carbonyl (C=O) groups is 1. The van der Waals surface area contributed by atoms with Gasteiger partial charge in [-0.15, -0.1) is 0 Å². The Hall–Kier alpha value is -2.09. The molecule has 8 heteroatoms. The summed E-state index contributed by atoms with van der Waals surface area (Å²) in [5, 5.41) is 3.11. The van der Waals surface area contributed by atoms with Crippen molar-refractivity contribution in [2.45, 2.75) is 24.2 Å². The van der Waals surface area contributed by atoms with Crippen LogP contribution in [0.3, 0.4) is 0 Å². The number of carbonyl (C=O) groups excluding carboxylic acids is 1. The van der Waals surface area contributed by atoms with Crippen molar-refractivity contribution in [2.75, 3.05) is 26.2 Å². The van der Waals surface area contributed by atoms with Crippen molar-refractivity contribution in [3.8, 4) is 5.75 Å². The second kappa shape index (κ2) is 8.34. The Bertz CT molecular complexity index is 1020. The van der Waals surface area contributed by atoms with Gasteiger partial charge < -0.3 is 10.1 Å².